The number of amides is 2. The number of fused-ring (bicyclic) bond motifs is 5. The first-order valence-electron chi connectivity index (χ1n) is 19.3. The second-order valence-corrected chi connectivity index (χ2v) is 17.5. The summed E-state index contributed by atoms with van der Waals surface area (Å²) in [5.41, 5.74) is 0.632. The number of imidazole rings is 2. The number of rotatable bonds is 9. The summed E-state index contributed by atoms with van der Waals surface area (Å²) in [5, 5.41) is 14.7. The summed E-state index contributed by atoms with van der Waals surface area (Å²) in [6.07, 6.45) is 0.126. The fraction of sp³-hybridized carbons (Fsp3) is 0.459. The zero-order chi connectivity index (χ0) is 43.0. The number of anilines is 2. The first-order chi connectivity index (χ1) is 29.3. The van der Waals surface area contributed by atoms with Crippen LogP contribution in [0.5, 0.6) is 0 Å². The van der Waals surface area contributed by atoms with Crippen LogP contribution in [0, 0.1) is 29.1 Å². The summed E-state index contributed by atoms with van der Waals surface area (Å²) < 4.78 is 60.7. The van der Waals surface area contributed by atoms with Crippen LogP contribution < -0.4 is 16.2 Å². The van der Waals surface area contributed by atoms with Gasteiger partial charge in [-0.05, 0) is 12.1 Å². The highest BCUT2D eigenvalue weighted by molar-refractivity contribution is 7.48. The number of carbonyl (C=O) groups excluding carboxylic acids is 2. The first-order valence-corrected chi connectivity index (χ1v) is 21.9. The monoisotopic (exact) mass is 880 g/mol. The van der Waals surface area contributed by atoms with Crippen LogP contribution in [0.15, 0.2) is 60.0 Å². The number of aromatic amines is 1. The number of H-pyrrole nitrogens is 1. The van der Waals surface area contributed by atoms with Gasteiger partial charge in [0.2, 0.25) is 11.9 Å². The number of nitrogens with zero attached hydrogens (tertiary/aromatic N) is 7. The standard InChI is InChI=1S/C37H42N10O12P2/c1-19(2)33(48)44-37-43-31-26(35(50)45-37)41-18-47(31)36-29-20(3)24(57-36)16-53-60(51)58-28-21(4)27(56-25(28)17-55-61(52,59-29)54-14-8-11-38)23-15-40-32-30(39-12-13-46(23)32)42-34(49)22-9-6-5-7-10-22/h5-7,9-10,12-13,15,18-21,24-25,27-29,36,51H,8,14,16-17H2,1-4H3,(H,39,42,49)(H2,43,44,45,48,50). The second kappa shape index (κ2) is 17.7. The van der Waals surface area contributed by atoms with E-state index in [1.54, 1.807) is 67.9 Å². The Labute approximate surface area is 348 Å². The van der Waals surface area contributed by atoms with Crippen molar-refractivity contribution >= 4 is 56.8 Å². The molecule has 2 amide bonds. The zero-order valence-electron chi connectivity index (χ0n) is 33.2. The molecule has 61 heavy (non-hydrogen) atoms. The third-order valence-corrected chi connectivity index (χ3v) is 12.8. The van der Waals surface area contributed by atoms with Crippen LogP contribution in [0.2, 0.25) is 0 Å². The van der Waals surface area contributed by atoms with Gasteiger partial charge in [-0.15, -0.1) is 0 Å². The number of aromatic nitrogens is 7. The van der Waals surface area contributed by atoms with Gasteiger partial charge < -0.3 is 28.7 Å². The highest BCUT2D eigenvalue weighted by Crippen LogP contribution is 2.57. The normalized spacial score (nSPS) is 29.4. The molecule has 7 heterocycles. The second-order valence-electron chi connectivity index (χ2n) is 14.9. The maximum Gasteiger partial charge on any atom is 0.475 e. The minimum absolute atomic E-state index is 0.0151. The summed E-state index contributed by atoms with van der Waals surface area (Å²) >= 11 is 0. The molecule has 10 atom stereocenters. The van der Waals surface area contributed by atoms with Crippen molar-refractivity contribution in [3.63, 3.8) is 0 Å². The number of phosphoric ester groups is 1. The number of hydrogen-bond donors (Lipinski definition) is 4. The molecular weight excluding hydrogens is 838 g/mol. The highest BCUT2D eigenvalue weighted by atomic mass is 31.2. The Balaban J connectivity index is 1.08. The van der Waals surface area contributed by atoms with Crippen LogP contribution in [0.3, 0.4) is 0 Å². The van der Waals surface area contributed by atoms with Gasteiger partial charge >= 0.3 is 16.4 Å². The Bertz CT molecular complexity index is 2570. The first kappa shape index (κ1) is 42.6. The molecule has 4 aromatic heterocycles. The van der Waals surface area contributed by atoms with E-state index in [2.05, 4.69) is 35.6 Å². The molecule has 0 spiro atoms. The topological polar surface area (TPSA) is 278 Å². The molecule has 24 heteroatoms. The van der Waals surface area contributed by atoms with Crippen molar-refractivity contribution in [1.29, 1.82) is 5.26 Å². The van der Waals surface area contributed by atoms with Gasteiger partial charge in [0, 0.05) is 35.7 Å². The van der Waals surface area contributed by atoms with Crippen molar-refractivity contribution in [2.24, 2.45) is 17.8 Å². The molecule has 8 rings (SSSR count). The van der Waals surface area contributed by atoms with Crippen LogP contribution in [0.1, 0.15) is 62.5 Å². The van der Waals surface area contributed by atoms with E-state index in [1.165, 1.54) is 17.1 Å². The van der Waals surface area contributed by atoms with Gasteiger partial charge in [0.15, 0.2) is 28.9 Å². The number of nitriles is 1. The minimum atomic E-state index is -4.60. The molecule has 4 N–H and O–H groups in total. The predicted molar refractivity (Wildman–Crippen MR) is 213 cm³/mol. The maximum atomic E-state index is 14.7. The van der Waals surface area contributed by atoms with E-state index in [-0.39, 0.29) is 48.5 Å². The molecule has 3 fully saturated rings. The predicted octanol–water partition coefficient (Wildman–Crippen LogP) is 4.39. The summed E-state index contributed by atoms with van der Waals surface area (Å²) in [6, 6.07) is 10.6. The van der Waals surface area contributed by atoms with Crippen molar-refractivity contribution in [3.8, 4) is 6.07 Å². The van der Waals surface area contributed by atoms with Crippen LogP contribution in [-0.4, -0.2) is 94.8 Å². The average molecular weight is 881 g/mol. The number of carbonyl (C=O) groups is 2. The Morgan fingerprint density at radius 3 is 2.66 bits per heavy atom. The van der Waals surface area contributed by atoms with Crippen LogP contribution in [0.25, 0.3) is 16.8 Å². The molecule has 3 aliphatic heterocycles. The van der Waals surface area contributed by atoms with Crippen molar-refractivity contribution in [1.82, 2.24) is 33.9 Å². The number of benzene rings is 1. The summed E-state index contributed by atoms with van der Waals surface area (Å²) in [4.78, 5) is 69.8. The SMILES string of the molecule is CC(C)C(=O)Nc1nc2c(ncn2C2OC3COP(O)OC4C(COP(=O)(OCCC#N)OC2C3C)OC(c2cnc3c(NC(=O)c5ccccc5)nccn23)C4C)c(=O)[nH]1. The molecule has 22 nitrogen and oxygen atoms in total. The van der Waals surface area contributed by atoms with Gasteiger partial charge in [-0.25, -0.2) is 19.5 Å². The lowest BCUT2D eigenvalue weighted by molar-refractivity contribution is -0.118. The Hall–Kier alpha value is -5.04. The van der Waals surface area contributed by atoms with Crippen LogP contribution in [-0.2, 0) is 41.5 Å². The van der Waals surface area contributed by atoms with Gasteiger partial charge in [0.1, 0.15) is 24.4 Å². The van der Waals surface area contributed by atoms with E-state index >= 15 is 0 Å². The fourth-order valence-electron chi connectivity index (χ4n) is 7.28. The van der Waals surface area contributed by atoms with Gasteiger partial charge in [0.25, 0.3) is 11.5 Å². The number of ether oxygens (including phenoxy) is 2. The van der Waals surface area contributed by atoms with Gasteiger partial charge in [0.05, 0.1) is 56.6 Å². The maximum absolute atomic E-state index is 14.7. The number of hydrogen-bond acceptors (Lipinski definition) is 17. The van der Waals surface area contributed by atoms with E-state index in [4.69, 9.17) is 32.1 Å². The zero-order valence-corrected chi connectivity index (χ0v) is 35.0. The van der Waals surface area contributed by atoms with Crippen molar-refractivity contribution in [2.45, 2.75) is 70.9 Å². The van der Waals surface area contributed by atoms with Gasteiger partial charge in [-0.2, -0.15) is 10.2 Å². The van der Waals surface area contributed by atoms with Crippen molar-refractivity contribution < 1.29 is 51.1 Å². The summed E-state index contributed by atoms with van der Waals surface area (Å²) in [5.74, 6) is -2.22. The Morgan fingerprint density at radius 1 is 1.08 bits per heavy atom. The largest absolute Gasteiger partial charge is 0.475 e. The smallest absolute Gasteiger partial charge is 0.363 e. The highest BCUT2D eigenvalue weighted by Gasteiger charge is 2.52. The van der Waals surface area contributed by atoms with Crippen LogP contribution in [0.4, 0.5) is 11.8 Å². The molecule has 10 unspecified atom stereocenters. The quantitative estimate of drug-likeness (QED) is 0.118. The Morgan fingerprint density at radius 2 is 1.89 bits per heavy atom. The molecule has 3 saturated heterocycles. The lowest BCUT2D eigenvalue weighted by atomic mass is 9.97. The average Bonchev–Trinajstić information content (AvgIpc) is 4.01. The molecule has 0 aliphatic carbocycles. The molecule has 0 radical (unpaired) electrons. The van der Waals surface area contributed by atoms with Gasteiger partial charge in [-0.3, -0.25) is 47.2 Å². The minimum Gasteiger partial charge on any atom is -0.363 e. The summed E-state index contributed by atoms with van der Waals surface area (Å²) in [6.45, 7) is 5.96. The van der Waals surface area contributed by atoms with E-state index in [0.717, 1.165) is 0 Å². The third-order valence-electron chi connectivity index (χ3n) is 10.5. The summed E-state index contributed by atoms with van der Waals surface area (Å²) in [7, 11) is -7.17. The van der Waals surface area contributed by atoms with Gasteiger partial charge in [-0.1, -0.05) is 45.9 Å². The molecule has 5 aromatic rings. The molecule has 2 bridgehead atoms. The Kier molecular flexibility index (Phi) is 12.4. The van der Waals surface area contributed by atoms with Crippen molar-refractivity contribution in [3.05, 3.63) is 76.9 Å². The lowest BCUT2D eigenvalue weighted by Crippen LogP contribution is -2.32. The van der Waals surface area contributed by atoms with E-state index < -0.39 is 89.0 Å². The van der Waals surface area contributed by atoms with E-state index in [1.807, 2.05) is 13.0 Å². The van der Waals surface area contributed by atoms with Crippen molar-refractivity contribution in [2.75, 3.05) is 30.5 Å². The lowest BCUT2D eigenvalue weighted by Gasteiger charge is -2.28. The van der Waals surface area contributed by atoms with Crippen LogP contribution >= 0.6 is 16.4 Å². The molecule has 1 aromatic carbocycles. The molecular formula is C37H42N10O12P2. The molecule has 0 saturated carbocycles. The number of nitrogens with one attached hydrogen (secondary N) is 3. The third kappa shape index (κ3) is 8.72. The molecule has 322 valence electrons. The fourth-order valence-corrected chi connectivity index (χ4v) is 9.58. The van der Waals surface area contributed by atoms with E-state index in [9.17, 15) is 29.1 Å². The molecule has 3 aliphatic rings. The number of phosphoric acid groups is 1. The van der Waals surface area contributed by atoms with E-state index in [0.29, 0.717) is 16.9 Å².